The molecule has 7 heteroatoms. The van der Waals surface area contributed by atoms with Crippen molar-refractivity contribution >= 4 is 15.9 Å². The molecule has 0 aromatic carbocycles. The fourth-order valence-electron chi connectivity index (χ4n) is 1.46. The van der Waals surface area contributed by atoms with Gasteiger partial charge in [-0.3, -0.25) is 4.79 Å². The van der Waals surface area contributed by atoms with E-state index in [1.807, 2.05) is 17.7 Å². The maximum Gasteiger partial charge on any atom is 0.267 e. The highest BCUT2D eigenvalue weighted by Crippen LogP contribution is 2.01. The lowest BCUT2D eigenvalue weighted by atomic mass is 10.3. The van der Waals surface area contributed by atoms with E-state index in [0.717, 1.165) is 0 Å². The van der Waals surface area contributed by atoms with E-state index in [1.54, 1.807) is 12.1 Å². The molecule has 1 amide bonds. The van der Waals surface area contributed by atoms with Gasteiger partial charge in [0.05, 0.1) is 5.75 Å². The molecule has 3 N–H and O–H groups in total. The molecule has 1 rings (SSSR count). The Morgan fingerprint density at radius 1 is 1.53 bits per heavy atom. The van der Waals surface area contributed by atoms with Crippen LogP contribution in [0, 0.1) is 0 Å². The fraction of sp³-hybridized carbons (Fsp3) is 0.500. The van der Waals surface area contributed by atoms with E-state index in [0.29, 0.717) is 25.2 Å². The van der Waals surface area contributed by atoms with Crippen molar-refractivity contribution in [2.75, 3.05) is 12.3 Å². The van der Waals surface area contributed by atoms with Gasteiger partial charge in [-0.2, -0.15) is 0 Å². The van der Waals surface area contributed by atoms with Crippen molar-refractivity contribution in [3.8, 4) is 0 Å². The Hall–Kier alpha value is -1.34. The SMILES string of the molecule is CCn1cccc1C(=O)NCCCS(N)(=O)=O. The zero-order chi connectivity index (χ0) is 12.9. The summed E-state index contributed by atoms with van der Waals surface area (Å²) in [6.07, 6.45) is 2.14. The average Bonchev–Trinajstić information content (AvgIpc) is 2.70. The molecule has 0 spiro atoms. The smallest absolute Gasteiger partial charge is 0.267 e. The zero-order valence-corrected chi connectivity index (χ0v) is 10.5. The van der Waals surface area contributed by atoms with E-state index < -0.39 is 10.0 Å². The summed E-state index contributed by atoms with van der Waals surface area (Å²) >= 11 is 0. The van der Waals surface area contributed by atoms with Crippen molar-refractivity contribution in [2.24, 2.45) is 5.14 Å². The van der Waals surface area contributed by atoms with Crippen LogP contribution in [0.15, 0.2) is 18.3 Å². The first-order valence-corrected chi connectivity index (χ1v) is 7.09. The van der Waals surface area contributed by atoms with Crippen molar-refractivity contribution in [1.82, 2.24) is 9.88 Å². The predicted molar refractivity (Wildman–Crippen MR) is 65.0 cm³/mol. The monoisotopic (exact) mass is 259 g/mol. The van der Waals surface area contributed by atoms with Crippen LogP contribution in [0.25, 0.3) is 0 Å². The van der Waals surface area contributed by atoms with Gasteiger partial charge in [-0.15, -0.1) is 0 Å². The first kappa shape index (κ1) is 13.7. The number of hydrogen-bond acceptors (Lipinski definition) is 3. The van der Waals surface area contributed by atoms with E-state index in [-0.39, 0.29) is 11.7 Å². The van der Waals surface area contributed by atoms with Crippen LogP contribution < -0.4 is 10.5 Å². The normalized spacial score (nSPS) is 11.4. The standard InChI is InChI=1S/C10H17N3O3S/c1-2-13-7-3-5-9(13)10(14)12-6-4-8-17(11,15)16/h3,5,7H,2,4,6,8H2,1H3,(H,12,14)(H2,11,15,16). The molecule has 6 nitrogen and oxygen atoms in total. The summed E-state index contributed by atoms with van der Waals surface area (Å²) in [6, 6.07) is 3.52. The molecule has 0 fully saturated rings. The maximum absolute atomic E-state index is 11.7. The number of nitrogens with zero attached hydrogens (tertiary/aromatic N) is 1. The van der Waals surface area contributed by atoms with Crippen molar-refractivity contribution in [2.45, 2.75) is 19.9 Å². The van der Waals surface area contributed by atoms with Crippen molar-refractivity contribution < 1.29 is 13.2 Å². The summed E-state index contributed by atoms with van der Waals surface area (Å²) in [5.74, 6) is -0.325. The Labute approximate surface area is 101 Å². The van der Waals surface area contributed by atoms with E-state index in [9.17, 15) is 13.2 Å². The van der Waals surface area contributed by atoms with Crippen LogP contribution in [0.4, 0.5) is 0 Å². The second-order valence-electron chi connectivity index (χ2n) is 3.66. The van der Waals surface area contributed by atoms with Crippen LogP contribution in [-0.2, 0) is 16.6 Å². The lowest BCUT2D eigenvalue weighted by molar-refractivity contribution is 0.0944. The highest BCUT2D eigenvalue weighted by molar-refractivity contribution is 7.89. The highest BCUT2D eigenvalue weighted by atomic mass is 32.2. The van der Waals surface area contributed by atoms with Crippen molar-refractivity contribution in [3.05, 3.63) is 24.0 Å². The number of nitrogens with two attached hydrogens (primary N) is 1. The Bertz CT molecular complexity index is 479. The largest absolute Gasteiger partial charge is 0.351 e. The fourth-order valence-corrected chi connectivity index (χ4v) is 2.01. The van der Waals surface area contributed by atoms with Gasteiger partial charge in [-0.05, 0) is 25.5 Å². The first-order chi connectivity index (χ1) is 7.94. The van der Waals surface area contributed by atoms with Gasteiger partial charge in [0.2, 0.25) is 10.0 Å². The lowest BCUT2D eigenvalue weighted by Crippen LogP contribution is -2.28. The Morgan fingerprint density at radius 2 is 2.24 bits per heavy atom. The van der Waals surface area contributed by atoms with E-state index >= 15 is 0 Å². The van der Waals surface area contributed by atoms with Crippen molar-refractivity contribution in [3.63, 3.8) is 0 Å². The third-order valence-electron chi connectivity index (χ3n) is 2.29. The van der Waals surface area contributed by atoms with Gasteiger partial charge in [0.1, 0.15) is 5.69 Å². The summed E-state index contributed by atoms with van der Waals surface area (Å²) in [5.41, 5.74) is 0.572. The number of rotatable bonds is 6. The van der Waals surface area contributed by atoms with Crippen LogP contribution in [0.3, 0.4) is 0 Å². The Morgan fingerprint density at radius 3 is 2.82 bits per heavy atom. The Kier molecular flexibility index (Phi) is 4.71. The summed E-state index contributed by atoms with van der Waals surface area (Å²) in [4.78, 5) is 11.7. The number of nitrogens with one attached hydrogen (secondary N) is 1. The molecule has 1 heterocycles. The molecular formula is C10H17N3O3S. The molecule has 0 aliphatic carbocycles. The maximum atomic E-state index is 11.7. The third kappa shape index (κ3) is 4.58. The van der Waals surface area contributed by atoms with E-state index in [1.165, 1.54) is 0 Å². The van der Waals surface area contributed by atoms with Crippen LogP contribution in [0.1, 0.15) is 23.8 Å². The predicted octanol–water partition coefficient (Wildman–Crippen LogP) is -0.0836. The second-order valence-corrected chi connectivity index (χ2v) is 5.39. The minimum atomic E-state index is -3.45. The summed E-state index contributed by atoms with van der Waals surface area (Å²) in [7, 11) is -3.45. The zero-order valence-electron chi connectivity index (χ0n) is 9.72. The molecule has 0 bridgehead atoms. The molecule has 1 aromatic rings. The minimum Gasteiger partial charge on any atom is -0.351 e. The molecule has 0 unspecified atom stereocenters. The number of carbonyl (C=O) groups excluding carboxylic acids is 1. The lowest BCUT2D eigenvalue weighted by Gasteiger charge is -2.07. The van der Waals surface area contributed by atoms with Crippen LogP contribution in [0.5, 0.6) is 0 Å². The second kappa shape index (κ2) is 5.83. The summed E-state index contributed by atoms with van der Waals surface area (Å²) in [5, 5.41) is 7.50. The van der Waals surface area contributed by atoms with Gasteiger partial charge in [-0.25, -0.2) is 13.6 Å². The summed E-state index contributed by atoms with van der Waals surface area (Å²) < 4.78 is 23.1. The van der Waals surface area contributed by atoms with Gasteiger partial charge in [-0.1, -0.05) is 0 Å². The van der Waals surface area contributed by atoms with E-state index in [4.69, 9.17) is 5.14 Å². The molecule has 0 saturated carbocycles. The molecule has 17 heavy (non-hydrogen) atoms. The van der Waals surface area contributed by atoms with Gasteiger partial charge in [0.15, 0.2) is 0 Å². The number of primary sulfonamides is 1. The molecule has 0 aliphatic rings. The molecule has 0 saturated heterocycles. The molecule has 0 aliphatic heterocycles. The molecule has 0 atom stereocenters. The highest BCUT2D eigenvalue weighted by Gasteiger charge is 2.09. The first-order valence-electron chi connectivity index (χ1n) is 5.38. The number of amides is 1. The van der Waals surface area contributed by atoms with Gasteiger partial charge in [0.25, 0.3) is 5.91 Å². The molecule has 1 aromatic heterocycles. The van der Waals surface area contributed by atoms with E-state index in [2.05, 4.69) is 5.32 Å². The minimum absolute atomic E-state index is 0.123. The number of carbonyl (C=O) groups is 1. The topological polar surface area (TPSA) is 94.2 Å². The van der Waals surface area contributed by atoms with Gasteiger partial charge in [0, 0.05) is 19.3 Å². The molecule has 0 radical (unpaired) electrons. The summed E-state index contributed by atoms with van der Waals surface area (Å²) in [6.45, 7) is 2.95. The van der Waals surface area contributed by atoms with Gasteiger partial charge >= 0.3 is 0 Å². The van der Waals surface area contributed by atoms with Crippen LogP contribution in [-0.4, -0.2) is 31.2 Å². The quantitative estimate of drug-likeness (QED) is 0.699. The van der Waals surface area contributed by atoms with Crippen molar-refractivity contribution in [1.29, 1.82) is 0 Å². The average molecular weight is 259 g/mol. The van der Waals surface area contributed by atoms with Crippen LogP contribution in [0.2, 0.25) is 0 Å². The van der Waals surface area contributed by atoms with Gasteiger partial charge < -0.3 is 9.88 Å². The molecular weight excluding hydrogens is 242 g/mol. The number of aryl methyl sites for hydroxylation is 1. The Balaban J connectivity index is 2.41. The molecule has 96 valence electrons. The van der Waals surface area contributed by atoms with Crippen LogP contribution >= 0.6 is 0 Å². The third-order valence-corrected chi connectivity index (χ3v) is 3.15. The number of aromatic nitrogens is 1. The number of sulfonamides is 1. The number of hydrogen-bond donors (Lipinski definition) is 2.